The molecule has 1 fully saturated rings. The predicted molar refractivity (Wildman–Crippen MR) is 131 cm³/mol. The number of halogens is 4. The maximum Gasteiger partial charge on any atom is 0.252 e. The summed E-state index contributed by atoms with van der Waals surface area (Å²) in [5.74, 6) is -1.32. The molecule has 1 unspecified atom stereocenters. The summed E-state index contributed by atoms with van der Waals surface area (Å²) in [7, 11) is 1.73. The summed E-state index contributed by atoms with van der Waals surface area (Å²) in [5.41, 5.74) is 0.722. The van der Waals surface area contributed by atoms with E-state index in [9.17, 15) is 18.0 Å². The van der Waals surface area contributed by atoms with Gasteiger partial charge in [0.15, 0.2) is 5.82 Å². The van der Waals surface area contributed by atoms with Crippen molar-refractivity contribution >= 4 is 17.5 Å². The van der Waals surface area contributed by atoms with E-state index < -0.39 is 35.4 Å². The third kappa shape index (κ3) is 5.23. The molecule has 0 radical (unpaired) electrons. The standard InChI is InChI=1S/C25H22ClF3N6O2/c1-34-12-16(10-31-34)24(15-2-3-17(26)18(27)8-15)35-6-4-14(9-22(35)36)23-19(28)11-30-25(33-23)32-21-5-7-37-13-20(21)29/h2-4,6,8-12,20-21,24H,5,7,13H2,1H3,(H,30,32,33)/t20-,21-,24?/m1/s1. The first-order valence-corrected chi connectivity index (χ1v) is 11.8. The number of aromatic nitrogens is 5. The highest BCUT2D eigenvalue weighted by molar-refractivity contribution is 6.30. The van der Waals surface area contributed by atoms with Crippen molar-refractivity contribution in [3.63, 3.8) is 0 Å². The second kappa shape index (κ2) is 10.3. The first-order valence-electron chi connectivity index (χ1n) is 11.5. The first kappa shape index (κ1) is 25.0. The average Bonchev–Trinajstić information content (AvgIpc) is 3.30. The largest absolute Gasteiger partial charge is 0.378 e. The van der Waals surface area contributed by atoms with Crippen molar-refractivity contribution in [1.82, 2.24) is 24.3 Å². The maximum absolute atomic E-state index is 14.7. The van der Waals surface area contributed by atoms with Crippen LogP contribution in [-0.2, 0) is 11.8 Å². The minimum Gasteiger partial charge on any atom is -0.378 e. The lowest BCUT2D eigenvalue weighted by atomic mass is 10.0. The van der Waals surface area contributed by atoms with Crippen LogP contribution >= 0.6 is 11.6 Å². The van der Waals surface area contributed by atoms with E-state index in [-0.39, 0.29) is 28.8 Å². The number of nitrogens with zero attached hydrogens (tertiary/aromatic N) is 5. The Kier molecular flexibility index (Phi) is 6.98. The molecule has 0 amide bonds. The summed E-state index contributed by atoms with van der Waals surface area (Å²) in [6.07, 6.45) is 4.90. The average molecular weight is 531 g/mol. The highest BCUT2D eigenvalue weighted by atomic mass is 35.5. The second-order valence-electron chi connectivity index (χ2n) is 8.70. The van der Waals surface area contributed by atoms with Gasteiger partial charge >= 0.3 is 0 Å². The van der Waals surface area contributed by atoms with E-state index >= 15 is 0 Å². The molecule has 4 aromatic rings. The van der Waals surface area contributed by atoms with Crippen molar-refractivity contribution in [2.75, 3.05) is 18.5 Å². The van der Waals surface area contributed by atoms with Gasteiger partial charge in [-0.3, -0.25) is 9.48 Å². The Labute approximate surface area is 214 Å². The number of hydrogen-bond acceptors (Lipinski definition) is 6. The second-order valence-corrected chi connectivity index (χ2v) is 9.11. The van der Waals surface area contributed by atoms with Crippen LogP contribution in [0.25, 0.3) is 11.3 Å². The summed E-state index contributed by atoms with van der Waals surface area (Å²) >= 11 is 5.86. The van der Waals surface area contributed by atoms with Gasteiger partial charge in [-0.2, -0.15) is 5.10 Å². The maximum atomic E-state index is 14.7. The molecule has 0 aliphatic carbocycles. The first-order chi connectivity index (χ1) is 17.8. The molecule has 1 aliphatic rings. The van der Waals surface area contributed by atoms with E-state index in [4.69, 9.17) is 16.3 Å². The number of ether oxygens (including phenoxy) is 1. The highest BCUT2D eigenvalue weighted by Crippen LogP contribution is 2.29. The summed E-state index contributed by atoms with van der Waals surface area (Å²) in [6, 6.07) is 5.77. The van der Waals surface area contributed by atoms with Gasteiger partial charge in [0.2, 0.25) is 5.95 Å². The van der Waals surface area contributed by atoms with Crippen molar-refractivity contribution in [3.05, 3.63) is 93.3 Å². The Bertz CT molecular complexity index is 1490. The molecule has 192 valence electrons. The van der Waals surface area contributed by atoms with Crippen LogP contribution in [0.2, 0.25) is 5.02 Å². The van der Waals surface area contributed by atoms with E-state index in [1.54, 1.807) is 30.2 Å². The third-order valence-corrected chi connectivity index (χ3v) is 6.45. The van der Waals surface area contributed by atoms with Gasteiger partial charge in [0.05, 0.1) is 36.1 Å². The van der Waals surface area contributed by atoms with Crippen LogP contribution in [0.3, 0.4) is 0 Å². The quantitative estimate of drug-likeness (QED) is 0.403. The molecule has 4 heterocycles. The molecule has 0 spiro atoms. The molecule has 8 nitrogen and oxygen atoms in total. The van der Waals surface area contributed by atoms with E-state index in [1.165, 1.54) is 35.0 Å². The molecule has 0 bridgehead atoms. The molecule has 12 heteroatoms. The lowest BCUT2D eigenvalue weighted by molar-refractivity contribution is 0.0284. The normalized spacial score (nSPS) is 18.5. The molecule has 5 rings (SSSR count). The molecule has 0 saturated carbocycles. The number of aryl methyl sites for hydroxylation is 1. The summed E-state index contributed by atoms with van der Waals surface area (Å²) < 4.78 is 51.2. The van der Waals surface area contributed by atoms with Gasteiger partial charge in [0, 0.05) is 43.2 Å². The zero-order chi connectivity index (χ0) is 26.1. The molecule has 1 saturated heterocycles. The molecule has 3 aromatic heterocycles. The number of rotatable bonds is 6. The van der Waals surface area contributed by atoms with Crippen LogP contribution in [0.4, 0.5) is 19.1 Å². The smallest absolute Gasteiger partial charge is 0.252 e. The Hall–Kier alpha value is -3.70. The molecule has 1 aromatic carbocycles. The summed E-state index contributed by atoms with van der Waals surface area (Å²) in [6.45, 7) is 0.347. The van der Waals surface area contributed by atoms with Crippen molar-refractivity contribution in [3.8, 4) is 11.3 Å². The molecule has 37 heavy (non-hydrogen) atoms. The number of anilines is 1. The van der Waals surface area contributed by atoms with Crippen LogP contribution in [0.15, 0.2) is 59.9 Å². The lowest BCUT2D eigenvalue weighted by Crippen LogP contribution is -2.39. The van der Waals surface area contributed by atoms with E-state index in [0.29, 0.717) is 24.2 Å². The van der Waals surface area contributed by atoms with Crippen molar-refractivity contribution in [2.45, 2.75) is 24.7 Å². The van der Waals surface area contributed by atoms with E-state index in [2.05, 4.69) is 20.4 Å². The number of hydrogen-bond donors (Lipinski definition) is 1. The molecular weight excluding hydrogens is 509 g/mol. The molecule has 3 atom stereocenters. The molecule has 1 aliphatic heterocycles. The van der Waals surface area contributed by atoms with Crippen molar-refractivity contribution in [1.29, 1.82) is 0 Å². The Morgan fingerprint density at radius 1 is 1.16 bits per heavy atom. The number of alkyl halides is 1. The fraction of sp³-hybridized carbons (Fsp3) is 0.280. The van der Waals surface area contributed by atoms with Gasteiger partial charge in [0.25, 0.3) is 5.56 Å². The van der Waals surface area contributed by atoms with Gasteiger partial charge < -0.3 is 14.6 Å². The third-order valence-electron chi connectivity index (χ3n) is 6.15. The topological polar surface area (TPSA) is 86.9 Å². The van der Waals surface area contributed by atoms with Gasteiger partial charge in [-0.1, -0.05) is 17.7 Å². The minimum atomic E-state index is -1.25. The predicted octanol–water partition coefficient (Wildman–Crippen LogP) is 4.15. The lowest BCUT2D eigenvalue weighted by Gasteiger charge is -2.26. The minimum absolute atomic E-state index is 0.0417. The number of benzene rings is 1. The zero-order valence-corrected chi connectivity index (χ0v) is 20.4. The van der Waals surface area contributed by atoms with Gasteiger partial charge in [-0.15, -0.1) is 0 Å². The van der Waals surface area contributed by atoms with Gasteiger partial charge in [0.1, 0.15) is 17.7 Å². The summed E-state index contributed by atoms with van der Waals surface area (Å²) in [4.78, 5) is 21.4. The van der Waals surface area contributed by atoms with E-state index in [0.717, 1.165) is 6.20 Å². The van der Waals surface area contributed by atoms with Crippen molar-refractivity contribution in [2.24, 2.45) is 7.05 Å². The monoisotopic (exact) mass is 530 g/mol. The molecular formula is C25H22ClF3N6O2. The Balaban J connectivity index is 1.51. The fourth-order valence-corrected chi connectivity index (χ4v) is 4.42. The van der Waals surface area contributed by atoms with Crippen LogP contribution in [0.5, 0.6) is 0 Å². The van der Waals surface area contributed by atoms with Crippen molar-refractivity contribution < 1.29 is 17.9 Å². The highest BCUT2D eigenvalue weighted by Gasteiger charge is 2.26. The Morgan fingerprint density at radius 2 is 2.00 bits per heavy atom. The van der Waals surface area contributed by atoms with Crippen LogP contribution in [0.1, 0.15) is 23.6 Å². The Morgan fingerprint density at radius 3 is 2.70 bits per heavy atom. The number of pyridine rings is 1. The zero-order valence-electron chi connectivity index (χ0n) is 19.6. The SMILES string of the molecule is Cn1cc(C(c2ccc(Cl)c(F)c2)n2ccc(-c3nc(N[C@@H]4CCOC[C@H]4F)ncc3F)cc2=O)cn1. The van der Waals surface area contributed by atoms with E-state index in [1.807, 2.05) is 0 Å². The fourth-order valence-electron chi connectivity index (χ4n) is 4.30. The van der Waals surface area contributed by atoms with Crippen LogP contribution < -0.4 is 10.9 Å². The van der Waals surface area contributed by atoms with Gasteiger partial charge in [-0.25, -0.2) is 23.1 Å². The van der Waals surface area contributed by atoms with Gasteiger partial charge in [-0.05, 0) is 30.2 Å². The van der Waals surface area contributed by atoms with Crippen LogP contribution in [0, 0.1) is 11.6 Å². The number of nitrogens with one attached hydrogen (secondary N) is 1. The summed E-state index contributed by atoms with van der Waals surface area (Å²) in [5, 5.41) is 7.01. The molecule has 1 N–H and O–H groups in total. The van der Waals surface area contributed by atoms with Crippen LogP contribution in [-0.4, -0.2) is 49.7 Å².